The third-order valence-corrected chi connectivity index (χ3v) is 2.53. The van der Waals surface area contributed by atoms with Crippen LogP contribution in [-0.2, 0) is 4.79 Å². The first kappa shape index (κ1) is 11.6. The van der Waals surface area contributed by atoms with Gasteiger partial charge in [0.1, 0.15) is 0 Å². The van der Waals surface area contributed by atoms with Crippen molar-refractivity contribution >= 4 is 11.7 Å². The van der Waals surface area contributed by atoms with E-state index in [0.717, 1.165) is 11.3 Å². The number of anilines is 1. The Morgan fingerprint density at radius 2 is 2.13 bits per heavy atom. The smallest absolute Gasteiger partial charge is 0.308 e. The Morgan fingerprint density at radius 3 is 2.67 bits per heavy atom. The lowest BCUT2D eigenvalue weighted by atomic mass is 10.1. The lowest BCUT2D eigenvalue weighted by Crippen LogP contribution is -2.22. The number of aliphatic carboxylic acids is 1. The van der Waals surface area contributed by atoms with Crippen LogP contribution in [0.4, 0.5) is 5.69 Å². The summed E-state index contributed by atoms with van der Waals surface area (Å²) in [6, 6.07) is 7.88. The van der Waals surface area contributed by atoms with E-state index in [1.54, 1.807) is 0 Å². The third-order valence-electron chi connectivity index (χ3n) is 2.53. The van der Waals surface area contributed by atoms with Crippen molar-refractivity contribution in [2.24, 2.45) is 5.92 Å². The number of para-hydroxylation sites is 1. The zero-order valence-corrected chi connectivity index (χ0v) is 9.16. The summed E-state index contributed by atoms with van der Waals surface area (Å²) in [6.45, 7) is 4.37. The van der Waals surface area contributed by atoms with Crippen molar-refractivity contribution in [3.8, 4) is 0 Å². The number of carboxylic acid groups (broad SMARTS) is 1. The zero-order chi connectivity index (χ0) is 11.3. The SMILES string of the molecule is CCC(CNc1ccccc1C)C(=O)O. The highest BCUT2D eigenvalue weighted by atomic mass is 16.4. The Hall–Kier alpha value is -1.51. The second-order valence-electron chi connectivity index (χ2n) is 3.64. The molecule has 0 heterocycles. The monoisotopic (exact) mass is 207 g/mol. The molecule has 0 saturated heterocycles. The van der Waals surface area contributed by atoms with Gasteiger partial charge in [0.05, 0.1) is 5.92 Å². The molecule has 1 unspecified atom stereocenters. The maximum atomic E-state index is 10.8. The Bertz CT molecular complexity index is 336. The van der Waals surface area contributed by atoms with E-state index in [1.165, 1.54) is 0 Å². The van der Waals surface area contributed by atoms with Gasteiger partial charge in [-0.15, -0.1) is 0 Å². The number of hydrogen-bond donors (Lipinski definition) is 2. The number of nitrogens with one attached hydrogen (secondary N) is 1. The van der Waals surface area contributed by atoms with Gasteiger partial charge in [-0.1, -0.05) is 25.1 Å². The normalized spacial score (nSPS) is 12.1. The largest absolute Gasteiger partial charge is 0.481 e. The highest BCUT2D eigenvalue weighted by Crippen LogP contribution is 2.14. The van der Waals surface area contributed by atoms with Gasteiger partial charge in [0, 0.05) is 12.2 Å². The maximum absolute atomic E-state index is 10.8. The summed E-state index contributed by atoms with van der Waals surface area (Å²) in [6.07, 6.45) is 0.647. The summed E-state index contributed by atoms with van der Waals surface area (Å²) in [5, 5.41) is 12.0. The number of carboxylic acids is 1. The topological polar surface area (TPSA) is 49.3 Å². The van der Waals surface area contributed by atoms with E-state index in [9.17, 15) is 4.79 Å². The molecule has 1 atom stereocenters. The van der Waals surface area contributed by atoms with E-state index in [0.29, 0.717) is 13.0 Å². The van der Waals surface area contributed by atoms with Gasteiger partial charge in [0.2, 0.25) is 0 Å². The fourth-order valence-corrected chi connectivity index (χ4v) is 1.41. The van der Waals surface area contributed by atoms with Crippen molar-refractivity contribution in [2.75, 3.05) is 11.9 Å². The van der Waals surface area contributed by atoms with Gasteiger partial charge in [0.25, 0.3) is 0 Å². The molecule has 0 aliphatic rings. The van der Waals surface area contributed by atoms with Crippen molar-refractivity contribution in [3.05, 3.63) is 29.8 Å². The number of aryl methyl sites for hydroxylation is 1. The molecule has 3 nitrogen and oxygen atoms in total. The number of hydrogen-bond acceptors (Lipinski definition) is 2. The maximum Gasteiger partial charge on any atom is 0.308 e. The summed E-state index contributed by atoms with van der Waals surface area (Å²) in [7, 11) is 0. The lowest BCUT2D eigenvalue weighted by Gasteiger charge is -2.13. The Balaban J connectivity index is 2.56. The fraction of sp³-hybridized carbons (Fsp3) is 0.417. The summed E-state index contributed by atoms with van der Waals surface area (Å²) < 4.78 is 0. The van der Waals surface area contributed by atoms with Crippen molar-refractivity contribution < 1.29 is 9.90 Å². The predicted molar refractivity (Wildman–Crippen MR) is 61.1 cm³/mol. The Morgan fingerprint density at radius 1 is 1.47 bits per heavy atom. The first-order valence-corrected chi connectivity index (χ1v) is 5.17. The quantitative estimate of drug-likeness (QED) is 0.780. The molecule has 0 radical (unpaired) electrons. The first-order valence-electron chi connectivity index (χ1n) is 5.17. The summed E-state index contributed by atoms with van der Waals surface area (Å²) >= 11 is 0. The molecule has 3 heteroatoms. The van der Waals surface area contributed by atoms with Crippen LogP contribution < -0.4 is 5.32 Å². The van der Waals surface area contributed by atoms with Crippen LogP contribution in [0.25, 0.3) is 0 Å². The van der Waals surface area contributed by atoms with Crippen molar-refractivity contribution in [1.82, 2.24) is 0 Å². The van der Waals surface area contributed by atoms with Crippen LogP contribution in [0.3, 0.4) is 0 Å². The van der Waals surface area contributed by atoms with Gasteiger partial charge < -0.3 is 10.4 Å². The first-order chi connectivity index (χ1) is 7.15. The molecule has 0 aliphatic heterocycles. The minimum atomic E-state index is -0.737. The highest BCUT2D eigenvalue weighted by Gasteiger charge is 2.14. The van der Waals surface area contributed by atoms with E-state index in [2.05, 4.69) is 5.32 Å². The van der Waals surface area contributed by atoms with Crippen LogP contribution in [0, 0.1) is 12.8 Å². The molecule has 82 valence electrons. The van der Waals surface area contributed by atoms with Crippen LogP contribution in [0.2, 0.25) is 0 Å². The van der Waals surface area contributed by atoms with Gasteiger partial charge in [-0.25, -0.2) is 0 Å². The van der Waals surface area contributed by atoms with Crippen molar-refractivity contribution in [2.45, 2.75) is 20.3 Å². The molecule has 1 rings (SSSR count). The van der Waals surface area contributed by atoms with Crippen LogP contribution in [0.1, 0.15) is 18.9 Å². The molecule has 0 fully saturated rings. The standard InChI is InChI=1S/C12H17NO2/c1-3-10(12(14)15)8-13-11-7-5-4-6-9(11)2/h4-7,10,13H,3,8H2,1-2H3,(H,14,15). The molecular weight excluding hydrogens is 190 g/mol. The van der Waals surface area contributed by atoms with Crippen molar-refractivity contribution in [1.29, 1.82) is 0 Å². The predicted octanol–water partition coefficient (Wildman–Crippen LogP) is 2.52. The van der Waals surface area contributed by atoms with Gasteiger partial charge >= 0.3 is 5.97 Å². The Labute approximate surface area is 90.1 Å². The van der Waals surface area contributed by atoms with Crippen LogP contribution in [-0.4, -0.2) is 17.6 Å². The van der Waals surface area contributed by atoms with E-state index in [-0.39, 0.29) is 5.92 Å². The fourth-order valence-electron chi connectivity index (χ4n) is 1.41. The molecule has 0 aliphatic carbocycles. The van der Waals surface area contributed by atoms with Gasteiger partial charge in [0.15, 0.2) is 0 Å². The van der Waals surface area contributed by atoms with E-state index < -0.39 is 5.97 Å². The Kier molecular flexibility index (Phi) is 4.16. The van der Waals surface area contributed by atoms with Gasteiger partial charge in [-0.05, 0) is 25.0 Å². The van der Waals surface area contributed by atoms with Gasteiger partial charge in [-0.3, -0.25) is 4.79 Å². The van der Waals surface area contributed by atoms with E-state index >= 15 is 0 Å². The summed E-state index contributed by atoms with van der Waals surface area (Å²) in [4.78, 5) is 10.8. The number of benzene rings is 1. The van der Waals surface area contributed by atoms with E-state index in [4.69, 9.17) is 5.11 Å². The van der Waals surface area contributed by atoms with E-state index in [1.807, 2.05) is 38.1 Å². The highest BCUT2D eigenvalue weighted by molar-refractivity contribution is 5.70. The molecule has 0 amide bonds. The summed E-state index contributed by atoms with van der Waals surface area (Å²) in [5.41, 5.74) is 2.15. The van der Waals surface area contributed by atoms with Crippen molar-refractivity contribution in [3.63, 3.8) is 0 Å². The molecular formula is C12H17NO2. The van der Waals surface area contributed by atoms with Crippen LogP contribution in [0.15, 0.2) is 24.3 Å². The average molecular weight is 207 g/mol. The molecule has 1 aromatic carbocycles. The third kappa shape index (κ3) is 3.27. The second kappa shape index (κ2) is 5.39. The molecule has 0 bridgehead atoms. The van der Waals surface area contributed by atoms with Gasteiger partial charge in [-0.2, -0.15) is 0 Å². The number of rotatable bonds is 5. The minimum absolute atomic E-state index is 0.315. The lowest BCUT2D eigenvalue weighted by molar-refractivity contribution is -0.141. The second-order valence-corrected chi connectivity index (χ2v) is 3.64. The van der Waals surface area contributed by atoms with Crippen LogP contribution in [0.5, 0.6) is 0 Å². The molecule has 1 aromatic rings. The average Bonchev–Trinajstić information content (AvgIpc) is 2.21. The molecule has 2 N–H and O–H groups in total. The van der Waals surface area contributed by atoms with Crippen LogP contribution >= 0.6 is 0 Å². The molecule has 0 aromatic heterocycles. The zero-order valence-electron chi connectivity index (χ0n) is 9.16. The summed E-state index contributed by atoms with van der Waals surface area (Å²) in [5.74, 6) is -1.05. The molecule has 0 saturated carbocycles. The molecule has 15 heavy (non-hydrogen) atoms. The molecule has 0 spiro atoms. The minimum Gasteiger partial charge on any atom is -0.481 e. The number of carbonyl (C=O) groups is 1.